The number of rotatable bonds is 9. The number of carbonyl (C=O) groups is 2. The molecule has 4 heteroatoms. The Morgan fingerprint density at radius 3 is 1.52 bits per heavy atom. The average Bonchev–Trinajstić information content (AvgIpc) is 2.82. The third-order valence-electron chi connectivity index (χ3n) is 6.06. The van der Waals surface area contributed by atoms with Gasteiger partial charge in [0.2, 0.25) is 11.8 Å². The largest absolute Gasteiger partial charge is 0.368 e. The van der Waals surface area contributed by atoms with Gasteiger partial charge in [0.05, 0.1) is 5.41 Å². The molecule has 2 amide bonds. The Morgan fingerprint density at radius 1 is 0.806 bits per heavy atom. The van der Waals surface area contributed by atoms with Crippen molar-refractivity contribution in [1.82, 2.24) is 5.32 Å². The number of hydrogen-bond acceptors (Lipinski definition) is 2. The molecule has 0 bridgehead atoms. The van der Waals surface area contributed by atoms with E-state index in [2.05, 4.69) is 5.32 Å². The third-order valence-corrected chi connectivity index (χ3v) is 6.06. The fourth-order valence-electron chi connectivity index (χ4n) is 4.17. The van der Waals surface area contributed by atoms with Gasteiger partial charge in [-0.1, -0.05) is 111 Å². The second-order valence-corrected chi connectivity index (χ2v) is 8.01. The van der Waals surface area contributed by atoms with E-state index in [0.717, 1.165) is 23.1 Å². The molecule has 0 spiro atoms. The predicted molar refractivity (Wildman–Crippen MR) is 124 cm³/mol. The van der Waals surface area contributed by atoms with E-state index in [0.29, 0.717) is 0 Å². The van der Waals surface area contributed by atoms with Crippen molar-refractivity contribution >= 4 is 11.8 Å². The minimum Gasteiger partial charge on any atom is -0.368 e. The minimum atomic E-state index is -0.703. The molecule has 31 heavy (non-hydrogen) atoms. The molecule has 4 nitrogen and oxygen atoms in total. The highest BCUT2D eigenvalue weighted by Gasteiger charge is 2.39. The van der Waals surface area contributed by atoms with E-state index in [1.165, 1.54) is 0 Å². The summed E-state index contributed by atoms with van der Waals surface area (Å²) >= 11 is 0. The number of amides is 2. The number of carbonyl (C=O) groups excluding carboxylic acids is 2. The molecule has 0 aliphatic carbocycles. The molecule has 3 rings (SSSR count). The molecular formula is C27H30N2O2. The third kappa shape index (κ3) is 4.85. The van der Waals surface area contributed by atoms with Crippen LogP contribution >= 0.6 is 0 Å². The molecule has 0 aliphatic rings. The van der Waals surface area contributed by atoms with Crippen molar-refractivity contribution in [1.29, 1.82) is 0 Å². The van der Waals surface area contributed by atoms with Crippen LogP contribution in [0.15, 0.2) is 91.0 Å². The minimum absolute atomic E-state index is 0.0407. The van der Waals surface area contributed by atoms with Gasteiger partial charge in [-0.15, -0.1) is 0 Å². The zero-order valence-corrected chi connectivity index (χ0v) is 18.1. The maximum absolute atomic E-state index is 13.4. The number of benzene rings is 3. The molecular weight excluding hydrogens is 384 g/mol. The lowest BCUT2D eigenvalue weighted by molar-refractivity contribution is -0.128. The van der Waals surface area contributed by atoms with Crippen LogP contribution < -0.4 is 11.1 Å². The molecule has 0 saturated heterocycles. The second kappa shape index (κ2) is 10.1. The summed E-state index contributed by atoms with van der Waals surface area (Å²) in [5, 5.41) is 2.92. The van der Waals surface area contributed by atoms with Crippen LogP contribution in [0.3, 0.4) is 0 Å². The van der Waals surface area contributed by atoms with E-state index in [1.807, 2.05) is 105 Å². The lowest BCUT2D eigenvalue weighted by Gasteiger charge is -2.36. The number of hydrogen-bond donors (Lipinski definition) is 2. The molecule has 0 aliphatic heterocycles. The lowest BCUT2D eigenvalue weighted by atomic mass is 9.67. The van der Waals surface area contributed by atoms with Crippen molar-refractivity contribution in [3.8, 4) is 0 Å². The first-order valence-corrected chi connectivity index (χ1v) is 10.7. The normalized spacial score (nSPS) is 13.2. The first kappa shape index (κ1) is 22.3. The fraction of sp³-hybridized carbons (Fsp3) is 0.259. The molecule has 0 radical (unpaired) electrons. The van der Waals surface area contributed by atoms with Gasteiger partial charge in [0.25, 0.3) is 0 Å². The van der Waals surface area contributed by atoms with Crippen LogP contribution in [0.25, 0.3) is 0 Å². The van der Waals surface area contributed by atoms with Crippen molar-refractivity contribution in [3.05, 3.63) is 108 Å². The molecule has 3 N–H and O–H groups in total. The summed E-state index contributed by atoms with van der Waals surface area (Å²) in [6, 6.07) is 29.4. The van der Waals surface area contributed by atoms with Gasteiger partial charge in [0.1, 0.15) is 6.04 Å². The van der Waals surface area contributed by atoms with E-state index in [-0.39, 0.29) is 18.2 Å². The van der Waals surface area contributed by atoms with Gasteiger partial charge in [0, 0.05) is 6.42 Å². The summed E-state index contributed by atoms with van der Waals surface area (Å²) in [5.74, 6) is -0.755. The van der Waals surface area contributed by atoms with Crippen molar-refractivity contribution in [3.63, 3.8) is 0 Å². The maximum Gasteiger partial charge on any atom is 0.240 e. The Labute approximate surface area is 184 Å². The fourth-order valence-corrected chi connectivity index (χ4v) is 4.17. The highest BCUT2D eigenvalue weighted by Crippen LogP contribution is 2.42. The molecule has 0 unspecified atom stereocenters. The van der Waals surface area contributed by atoms with Gasteiger partial charge in [0.15, 0.2) is 0 Å². The van der Waals surface area contributed by atoms with E-state index in [1.54, 1.807) is 0 Å². The van der Waals surface area contributed by atoms with E-state index in [9.17, 15) is 9.59 Å². The highest BCUT2D eigenvalue weighted by atomic mass is 16.2. The first-order chi connectivity index (χ1) is 15.0. The van der Waals surface area contributed by atoms with Gasteiger partial charge in [-0.25, -0.2) is 0 Å². The average molecular weight is 415 g/mol. The second-order valence-electron chi connectivity index (χ2n) is 8.01. The Balaban J connectivity index is 2.12. The van der Waals surface area contributed by atoms with Crippen LogP contribution in [0.2, 0.25) is 0 Å². The Kier molecular flexibility index (Phi) is 7.24. The number of primary amides is 1. The van der Waals surface area contributed by atoms with E-state index >= 15 is 0 Å². The van der Waals surface area contributed by atoms with Crippen LogP contribution in [0, 0.1) is 5.92 Å². The quantitative estimate of drug-likeness (QED) is 0.509. The van der Waals surface area contributed by atoms with Gasteiger partial charge in [-0.3, -0.25) is 9.59 Å². The topological polar surface area (TPSA) is 72.2 Å². The summed E-state index contributed by atoms with van der Waals surface area (Å²) in [6.07, 6.45) is 0.903. The molecule has 0 heterocycles. The number of nitrogens with two attached hydrogens (primary N) is 1. The molecule has 3 aromatic rings. The standard InChI is InChI=1S/C27H30N2O2/c1-3-20(2)25(26(28)31)29-24(30)19-27(21-13-7-4-8-14-21,22-15-9-5-10-16-22)23-17-11-6-12-18-23/h4-18,20,25H,3,19H2,1-2H3,(H2,28,31)(H,29,30)/t20-,25+/m0/s1. The Bertz CT molecular complexity index is 891. The van der Waals surface area contributed by atoms with Gasteiger partial charge < -0.3 is 11.1 Å². The summed E-state index contributed by atoms with van der Waals surface area (Å²) in [7, 11) is 0. The van der Waals surface area contributed by atoms with Gasteiger partial charge >= 0.3 is 0 Å². The van der Waals surface area contributed by atoms with Crippen molar-refractivity contribution in [2.24, 2.45) is 11.7 Å². The predicted octanol–water partition coefficient (Wildman–Crippen LogP) is 4.43. The SMILES string of the molecule is CC[C@H](C)[C@@H](NC(=O)CC(c1ccccc1)(c1ccccc1)c1ccccc1)C(N)=O. The van der Waals surface area contributed by atoms with Crippen LogP contribution in [0.5, 0.6) is 0 Å². The first-order valence-electron chi connectivity index (χ1n) is 10.7. The monoisotopic (exact) mass is 414 g/mol. The van der Waals surface area contributed by atoms with E-state index in [4.69, 9.17) is 5.73 Å². The summed E-state index contributed by atoms with van der Waals surface area (Å²) in [5.41, 5.74) is 7.95. The highest BCUT2D eigenvalue weighted by molar-refractivity contribution is 5.88. The molecule has 3 aromatic carbocycles. The van der Waals surface area contributed by atoms with Crippen LogP contribution in [-0.4, -0.2) is 17.9 Å². The zero-order valence-electron chi connectivity index (χ0n) is 18.1. The summed E-state index contributed by atoms with van der Waals surface area (Å²) in [4.78, 5) is 25.4. The number of nitrogens with one attached hydrogen (secondary N) is 1. The molecule has 0 aromatic heterocycles. The smallest absolute Gasteiger partial charge is 0.240 e. The van der Waals surface area contributed by atoms with Crippen LogP contribution in [0.1, 0.15) is 43.4 Å². The van der Waals surface area contributed by atoms with Crippen LogP contribution in [0.4, 0.5) is 0 Å². The van der Waals surface area contributed by atoms with Gasteiger partial charge in [-0.2, -0.15) is 0 Å². The van der Waals surface area contributed by atoms with E-state index < -0.39 is 17.4 Å². The van der Waals surface area contributed by atoms with Crippen molar-refractivity contribution in [2.45, 2.75) is 38.1 Å². The van der Waals surface area contributed by atoms with Crippen molar-refractivity contribution in [2.75, 3.05) is 0 Å². The molecule has 160 valence electrons. The Hall–Kier alpha value is -3.40. The van der Waals surface area contributed by atoms with Gasteiger partial charge in [-0.05, 0) is 22.6 Å². The lowest BCUT2D eigenvalue weighted by Crippen LogP contribution is -2.50. The van der Waals surface area contributed by atoms with Crippen LogP contribution in [-0.2, 0) is 15.0 Å². The maximum atomic E-state index is 13.4. The Morgan fingerprint density at radius 2 is 1.19 bits per heavy atom. The summed E-state index contributed by atoms with van der Waals surface area (Å²) in [6.45, 7) is 3.91. The molecule has 2 atom stereocenters. The summed E-state index contributed by atoms with van der Waals surface area (Å²) < 4.78 is 0. The molecule has 0 fully saturated rings. The zero-order chi connectivity index (χ0) is 22.3. The molecule has 0 saturated carbocycles. The van der Waals surface area contributed by atoms with Crippen molar-refractivity contribution < 1.29 is 9.59 Å².